The fourth-order valence-electron chi connectivity index (χ4n) is 2.24. The Morgan fingerprint density at radius 2 is 1.83 bits per heavy atom. The lowest BCUT2D eigenvalue weighted by atomic mass is 9.97. The van der Waals surface area contributed by atoms with Gasteiger partial charge in [0, 0.05) is 0 Å². The summed E-state index contributed by atoms with van der Waals surface area (Å²) in [7, 11) is 0. The average molecular weight is 310 g/mol. The Labute approximate surface area is 139 Å². The number of hydrogen-bond donors (Lipinski definition) is 0. The molecule has 0 amide bonds. The molecule has 0 unspecified atom stereocenters. The number of hydrogen-bond acceptors (Lipinski definition) is 2. The van der Waals surface area contributed by atoms with E-state index in [0.29, 0.717) is 12.2 Å². The molecule has 0 bridgehead atoms. The van der Waals surface area contributed by atoms with E-state index in [1.165, 1.54) is 0 Å². The zero-order valence-electron chi connectivity index (χ0n) is 14.3. The van der Waals surface area contributed by atoms with Gasteiger partial charge in [-0.2, -0.15) is 0 Å². The summed E-state index contributed by atoms with van der Waals surface area (Å²) in [4.78, 5) is 12.4. The van der Waals surface area contributed by atoms with Crippen molar-refractivity contribution < 1.29 is 9.53 Å². The molecule has 0 aromatic heterocycles. The maximum Gasteiger partial charge on any atom is 0.339 e. The van der Waals surface area contributed by atoms with Gasteiger partial charge in [-0.1, -0.05) is 75.1 Å². The lowest BCUT2D eigenvalue weighted by Crippen LogP contribution is -2.09. The summed E-state index contributed by atoms with van der Waals surface area (Å²) < 4.78 is 5.25. The van der Waals surface area contributed by atoms with Crippen molar-refractivity contribution in [3.05, 3.63) is 77.9 Å². The largest absolute Gasteiger partial charge is 0.462 e. The number of rotatable bonds is 8. The van der Waals surface area contributed by atoms with Crippen molar-refractivity contribution in [2.45, 2.75) is 33.6 Å². The molecule has 0 N–H and O–H groups in total. The Bertz CT molecular complexity index is 604. The second-order valence-corrected chi connectivity index (χ2v) is 5.00. The maximum atomic E-state index is 12.4. The summed E-state index contributed by atoms with van der Waals surface area (Å²) in [6, 6.07) is 9.67. The van der Waals surface area contributed by atoms with Crippen LogP contribution in [0.4, 0.5) is 0 Å². The van der Waals surface area contributed by atoms with Gasteiger partial charge in [-0.05, 0) is 36.5 Å². The van der Waals surface area contributed by atoms with E-state index in [0.717, 1.165) is 29.6 Å². The van der Waals surface area contributed by atoms with Crippen molar-refractivity contribution in [1.82, 2.24) is 0 Å². The zero-order valence-corrected chi connectivity index (χ0v) is 14.3. The standard InChI is InChI=1S/C21H26O2/c1-5-17(6-2)13-12-16-18(7-3)20(21(22)23-8-4)19-14-10-9-11-15-19/h5,9-16H,1,6-8H2,2-4H3. The van der Waals surface area contributed by atoms with Gasteiger partial charge in [0.25, 0.3) is 0 Å². The monoisotopic (exact) mass is 310 g/mol. The molecule has 0 radical (unpaired) electrons. The Balaban J connectivity index is 3.29. The fraction of sp³-hybridized carbons (Fsp3) is 0.286. The first-order chi connectivity index (χ1) is 11.2. The molecule has 0 saturated heterocycles. The van der Waals surface area contributed by atoms with Crippen LogP contribution in [0.15, 0.2) is 72.4 Å². The first-order valence-corrected chi connectivity index (χ1v) is 8.13. The van der Waals surface area contributed by atoms with E-state index < -0.39 is 0 Å². The minimum absolute atomic E-state index is 0.274. The molecular formula is C21H26O2. The Morgan fingerprint density at radius 1 is 1.13 bits per heavy atom. The average Bonchev–Trinajstić information content (AvgIpc) is 2.58. The number of esters is 1. The van der Waals surface area contributed by atoms with Crippen LogP contribution in [0.3, 0.4) is 0 Å². The summed E-state index contributed by atoms with van der Waals surface area (Å²) in [5.74, 6) is -0.274. The SMILES string of the molecule is C=CC(=CC=CC(CC)=C(C(=O)OCC)c1ccccc1)CC. The molecule has 1 aromatic carbocycles. The highest BCUT2D eigenvalue weighted by Crippen LogP contribution is 2.23. The predicted molar refractivity (Wildman–Crippen MR) is 98.0 cm³/mol. The zero-order chi connectivity index (χ0) is 17.1. The van der Waals surface area contributed by atoms with Gasteiger partial charge < -0.3 is 4.74 Å². The van der Waals surface area contributed by atoms with E-state index in [-0.39, 0.29) is 5.97 Å². The van der Waals surface area contributed by atoms with E-state index in [1.807, 2.05) is 68.5 Å². The van der Waals surface area contributed by atoms with Crippen LogP contribution in [0.25, 0.3) is 5.57 Å². The van der Waals surface area contributed by atoms with E-state index >= 15 is 0 Å². The number of carbonyl (C=O) groups is 1. The van der Waals surface area contributed by atoms with Crippen LogP contribution in [-0.2, 0) is 9.53 Å². The predicted octanol–water partition coefficient (Wildman–Crippen LogP) is 5.49. The molecule has 0 aliphatic rings. The lowest BCUT2D eigenvalue weighted by Gasteiger charge is -2.11. The normalized spacial score (nSPS) is 12.9. The van der Waals surface area contributed by atoms with Crippen LogP contribution in [-0.4, -0.2) is 12.6 Å². The van der Waals surface area contributed by atoms with Gasteiger partial charge in [0.2, 0.25) is 0 Å². The molecular weight excluding hydrogens is 284 g/mol. The van der Waals surface area contributed by atoms with Gasteiger partial charge in [0.15, 0.2) is 0 Å². The summed E-state index contributed by atoms with van der Waals surface area (Å²) in [6.07, 6.45) is 9.52. The van der Waals surface area contributed by atoms with Gasteiger partial charge in [-0.25, -0.2) is 4.79 Å². The molecule has 0 fully saturated rings. The fourth-order valence-corrected chi connectivity index (χ4v) is 2.24. The number of ether oxygens (including phenoxy) is 1. The van der Waals surface area contributed by atoms with Gasteiger partial charge >= 0.3 is 5.97 Å². The highest BCUT2D eigenvalue weighted by atomic mass is 16.5. The third-order valence-corrected chi connectivity index (χ3v) is 3.52. The van der Waals surface area contributed by atoms with Crippen molar-refractivity contribution in [2.75, 3.05) is 6.61 Å². The summed E-state index contributed by atoms with van der Waals surface area (Å²) >= 11 is 0. The Hall–Kier alpha value is -2.35. The molecule has 1 aromatic rings. The highest BCUT2D eigenvalue weighted by Gasteiger charge is 2.16. The Kier molecular flexibility index (Phi) is 8.45. The van der Waals surface area contributed by atoms with Crippen LogP contribution in [0, 0.1) is 0 Å². The number of benzene rings is 1. The topological polar surface area (TPSA) is 26.3 Å². The quantitative estimate of drug-likeness (QED) is 0.360. The minimum Gasteiger partial charge on any atom is -0.462 e. The minimum atomic E-state index is -0.274. The van der Waals surface area contributed by atoms with Crippen molar-refractivity contribution in [3.8, 4) is 0 Å². The molecule has 0 aliphatic heterocycles. The lowest BCUT2D eigenvalue weighted by molar-refractivity contribution is -0.136. The third-order valence-electron chi connectivity index (χ3n) is 3.52. The molecule has 0 aliphatic carbocycles. The summed E-state index contributed by atoms with van der Waals surface area (Å²) in [6.45, 7) is 10.1. The molecule has 0 saturated carbocycles. The molecule has 2 nitrogen and oxygen atoms in total. The van der Waals surface area contributed by atoms with E-state index in [9.17, 15) is 4.79 Å². The molecule has 1 rings (SSSR count). The van der Waals surface area contributed by atoms with Crippen LogP contribution in [0.2, 0.25) is 0 Å². The maximum absolute atomic E-state index is 12.4. The van der Waals surface area contributed by atoms with E-state index in [4.69, 9.17) is 4.74 Å². The molecule has 122 valence electrons. The van der Waals surface area contributed by atoms with Crippen molar-refractivity contribution in [3.63, 3.8) is 0 Å². The van der Waals surface area contributed by atoms with Crippen LogP contribution >= 0.6 is 0 Å². The van der Waals surface area contributed by atoms with Gasteiger partial charge in [-0.15, -0.1) is 0 Å². The summed E-state index contributed by atoms with van der Waals surface area (Å²) in [5.41, 5.74) is 3.65. The third kappa shape index (κ3) is 5.74. The van der Waals surface area contributed by atoms with E-state index in [2.05, 4.69) is 13.5 Å². The van der Waals surface area contributed by atoms with Crippen LogP contribution < -0.4 is 0 Å². The van der Waals surface area contributed by atoms with Gasteiger partial charge in [-0.3, -0.25) is 0 Å². The highest BCUT2D eigenvalue weighted by molar-refractivity contribution is 6.18. The summed E-state index contributed by atoms with van der Waals surface area (Å²) in [5, 5.41) is 0. The molecule has 2 heteroatoms. The van der Waals surface area contributed by atoms with Crippen LogP contribution in [0.1, 0.15) is 39.2 Å². The molecule has 23 heavy (non-hydrogen) atoms. The van der Waals surface area contributed by atoms with Crippen molar-refractivity contribution in [2.24, 2.45) is 0 Å². The Morgan fingerprint density at radius 3 is 2.35 bits per heavy atom. The smallest absolute Gasteiger partial charge is 0.339 e. The molecule has 0 atom stereocenters. The first-order valence-electron chi connectivity index (χ1n) is 8.13. The van der Waals surface area contributed by atoms with Gasteiger partial charge in [0.1, 0.15) is 0 Å². The molecule has 0 spiro atoms. The number of carbonyl (C=O) groups excluding carboxylic acids is 1. The molecule has 0 heterocycles. The number of allylic oxidation sites excluding steroid dienone is 6. The first kappa shape index (κ1) is 18.7. The van der Waals surface area contributed by atoms with Crippen LogP contribution in [0.5, 0.6) is 0 Å². The van der Waals surface area contributed by atoms with Gasteiger partial charge in [0.05, 0.1) is 12.2 Å². The van der Waals surface area contributed by atoms with E-state index in [1.54, 1.807) is 0 Å². The second kappa shape index (κ2) is 10.4. The second-order valence-electron chi connectivity index (χ2n) is 5.00. The van der Waals surface area contributed by atoms with Crippen molar-refractivity contribution in [1.29, 1.82) is 0 Å². The van der Waals surface area contributed by atoms with Crippen molar-refractivity contribution >= 4 is 11.5 Å².